The Kier molecular flexibility index (Phi) is 5.67. The minimum Gasteiger partial charge on any atom is -0.389 e. The van der Waals surface area contributed by atoms with E-state index in [0.29, 0.717) is 4.99 Å². The van der Waals surface area contributed by atoms with Crippen LogP contribution in [0.15, 0.2) is 29.2 Å². The van der Waals surface area contributed by atoms with Crippen LogP contribution in [-0.2, 0) is 6.54 Å². The highest BCUT2D eigenvalue weighted by Gasteiger charge is 2.11. The van der Waals surface area contributed by atoms with Gasteiger partial charge in [-0.1, -0.05) is 25.2 Å². The van der Waals surface area contributed by atoms with Crippen molar-refractivity contribution >= 4 is 46.0 Å². The maximum absolute atomic E-state index is 5.92. The summed E-state index contributed by atoms with van der Waals surface area (Å²) in [7, 11) is 0. The first-order chi connectivity index (χ1) is 10.0. The second-order valence-electron chi connectivity index (χ2n) is 4.78. The van der Waals surface area contributed by atoms with Crippen LogP contribution in [0.25, 0.3) is 0 Å². The van der Waals surface area contributed by atoms with E-state index < -0.39 is 0 Å². The summed E-state index contributed by atoms with van der Waals surface area (Å²) in [5.74, 6) is 1.00. The van der Waals surface area contributed by atoms with Gasteiger partial charge in [0.1, 0.15) is 4.99 Å². The van der Waals surface area contributed by atoms with Gasteiger partial charge in [0.15, 0.2) is 0 Å². The highest BCUT2D eigenvalue weighted by atomic mass is 32.2. The van der Waals surface area contributed by atoms with Crippen molar-refractivity contribution in [3.63, 3.8) is 0 Å². The zero-order chi connectivity index (χ0) is 15.4. The van der Waals surface area contributed by atoms with Gasteiger partial charge in [-0.05, 0) is 43.4 Å². The normalized spacial score (nSPS) is 10.6. The van der Waals surface area contributed by atoms with Gasteiger partial charge in [0, 0.05) is 32.4 Å². The first kappa shape index (κ1) is 16.3. The van der Waals surface area contributed by atoms with Crippen LogP contribution in [0.1, 0.15) is 27.8 Å². The Bertz CT molecular complexity index is 627. The van der Waals surface area contributed by atoms with Crippen LogP contribution in [0.4, 0.5) is 5.69 Å². The average molecular weight is 337 g/mol. The predicted octanol–water partition coefficient (Wildman–Crippen LogP) is 4.72. The van der Waals surface area contributed by atoms with Gasteiger partial charge < -0.3 is 11.1 Å². The van der Waals surface area contributed by atoms with Gasteiger partial charge in [0.25, 0.3) is 0 Å². The SMILES string of the molecule is CCSc1cccc(NCc2cc(C)c(C)s2)c1C(N)=S. The van der Waals surface area contributed by atoms with Crippen molar-refractivity contribution in [1.29, 1.82) is 0 Å². The van der Waals surface area contributed by atoms with E-state index in [1.807, 2.05) is 23.5 Å². The molecule has 1 aromatic heterocycles. The second kappa shape index (κ2) is 7.29. The number of nitrogens with two attached hydrogens (primary N) is 1. The molecule has 0 radical (unpaired) electrons. The summed E-state index contributed by atoms with van der Waals surface area (Å²) < 4.78 is 0. The predicted molar refractivity (Wildman–Crippen MR) is 99.8 cm³/mol. The molecule has 0 amide bonds. The molecule has 0 spiro atoms. The number of benzene rings is 1. The molecule has 112 valence electrons. The lowest BCUT2D eigenvalue weighted by Crippen LogP contribution is -2.14. The molecule has 5 heteroatoms. The summed E-state index contributed by atoms with van der Waals surface area (Å²) in [5.41, 5.74) is 9.25. The van der Waals surface area contributed by atoms with E-state index in [2.05, 4.69) is 38.2 Å². The Balaban J connectivity index is 2.22. The van der Waals surface area contributed by atoms with Gasteiger partial charge in [-0.15, -0.1) is 23.1 Å². The summed E-state index contributed by atoms with van der Waals surface area (Å²) in [4.78, 5) is 4.30. The molecule has 0 unspecified atom stereocenters. The molecular formula is C16H20N2S3. The third kappa shape index (κ3) is 3.99. The van der Waals surface area contributed by atoms with Crippen LogP contribution in [0.5, 0.6) is 0 Å². The number of thiophene rings is 1. The molecule has 2 aromatic rings. The number of hydrogen-bond donors (Lipinski definition) is 2. The monoisotopic (exact) mass is 336 g/mol. The summed E-state index contributed by atoms with van der Waals surface area (Å²) >= 11 is 8.83. The summed E-state index contributed by atoms with van der Waals surface area (Å²) in [5, 5.41) is 3.48. The molecule has 3 N–H and O–H groups in total. The summed E-state index contributed by atoms with van der Waals surface area (Å²) in [6, 6.07) is 8.40. The van der Waals surface area contributed by atoms with Crippen molar-refractivity contribution in [2.24, 2.45) is 5.73 Å². The molecule has 0 saturated heterocycles. The van der Waals surface area contributed by atoms with Crippen molar-refractivity contribution in [3.8, 4) is 0 Å². The molecule has 2 rings (SSSR count). The lowest BCUT2D eigenvalue weighted by molar-refractivity contribution is 1.18. The molecule has 0 aliphatic carbocycles. The fourth-order valence-electron chi connectivity index (χ4n) is 2.13. The molecule has 2 nitrogen and oxygen atoms in total. The summed E-state index contributed by atoms with van der Waals surface area (Å²) in [6.07, 6.45) is 0. The van der Waals surface area contributed by atoms with Gasteiger partial charge in [-0.25, -0.2) is 0 Å². The first-order valence-corrected chi connectivity index (χ1v) is 9.09. The van der Waals surface area contributed by atoms with E-state index in [0.717, 1.165) is 28.4 Å². The van der Waals surface area contributed by atoms with E-state index in [-0.39, 0.29) is 0 Å². The molecule has 21 heavy (non-hydrogen) atoms. The minimum atomic E-state index is 0.451. The zero-order valence-corrected chi connectivity index (χ0v) is 15.0. The van der Waals surface area contributed by atoms with Gasteiger partial charge in [0.2, 0.25) is 0 Å². The van der Waals surface area contributed by atoms with Gasteiger partial charge in [0.05, 0.1) is 0 Å². The van der Waals surface area contributed by atoms with Crippen molar-refractivity contribution in [2.45, 2.75) is 32.2 Å². The fraction of sp³-hybridized carbons (Fsp3) is 0.312. The number of thiocarbonyl (C=S) groups is 1. The molecule has 0 aliphatic heterocycles. The molecular weight excluding hydrogens is 316 g/mol. The smallest absolute Gasteiger partial charge is 0.107 e. The third-order valence-corrected chi connectivity index (χ3v) is 5.54. The number of anilines is 1. The number of rotatable bonds is 6. The van der Waals surface area contributed by atoms with Crippen molar-refractivity contribution in [3.05, 3.63) is 45.1 Å². The highest BCUT2D eigenvalue weighted by Crippen LogP contribution is 2.29. The lowest BCUT2D eigenvalue weighted by Gasteiger charge is -2.14. The number of thioether (sulfide) groups is 1. The molecule has 0 aliphatic rings. The minimum absolute atomic E-state index is 0.451. The Hall–Kier alpha value is -1.04. The topological polar surface area (TPSA) is 38.0 Å². The molecule has 0 atom stereocenters. The summed E-state index contributed by atoms with van der Waals surface area (Å²) in [6.45, 7) is 7.23. The van der Waals surface area contributed by atoms with E-state index in [1.54, 1.807) is 11.8 Å². The standard InChI is InChI=1S/C16H20N2S3/c1-4-20-14-7-5-6-13(15(14)16(17)19)18-9-12-8-10(2)11(3)21-12/h5-8,18H,4,9H2,1-3H3,(H2,17,19). The van der Waals surface area contributed by atoms with E-state index in [9.17, 15) is 0 Å². The van der Waals surface area contributed by atoms with Crippen LogP contribution < -0.4 is 11.1 Å². The molecule has 0 bridgehead atoms. The van der Waals surface area contributed by atoms with E-state index in [4.69, 9.17) is 18.0 Å². The van der Waals surface area contributed by atoms with Crippen molar-refractivity contribution in [1.82, 2.24) is 0 Å². The second-order valence-corrected chi connectivity index (χ2v) is 7.87. The number of aryl methyl sites for hydroxylation is 2. The Morgan fingerprint density at radius 3 is 2.71 bits per heavy atom. The van der Waals surface area contributed by atoms with E-state index in [1.165, 1.54) is 15.3 Å². The third-order valence-electron chi connectivity index (χ3n) is 3.24. The Labute approximate surface area is 140 Å². The van der Waals surface area contributed by atoms with Gasteiger partial charge in [-0.3, -0.25) is 0 Å². The van der Waals surface area contributed by atoms with Crippen LogP contribution in [0.2, 0.25) is 0 Å². The average Bonchev–Trinajstić information content (AvgIpc) is 2.75. The Morgan fingerprint density at radius 2 is 2.14 bits per heavy atom. The van der Waals surface area contributed by atoms with Gasteiger partial charge >= 0.3 is 0 Å². The molecule has 1 aromatic carbocycles. The van der Waals surface area contributed by atoms with Crippen molar-refractivity contribution < 1.29 is 0 Å². The largest absolute Gasteiger partial charge is 0.389 e. The van der Waals surface area contributed by atoms with Crippen LogP contribution in [0.3, 0.4) is 0 Å². The molecule has 1 heterocycles. The quantitative estimate of drug-likeness (QED) is 0.591. The molecule has 0 saturated carbocycles. The Morgan fingerprint density at radius 1 is 1.38 bits per heavy atom. The van der Waals surface area contributed by atoms with Crippen LogP contribution >= 0.6 is 35.3 Å². The maximum atomic E-state index is 5.92. The van der Waals surface area contributed by atoms with E-state index >= 15 is 0 Å². The maximum Gasteiger partial charge on any atom is 0.107 e. The number of nitrogens with one attached hydrogen (secondary N) is 1. The van der Waals surface area contributed by atoms with Gasteiger partial charge in [-0.2, -0.15) is 0 Å². The highest BCUT2D eigenvalue weighted by molar-refractivity contribution is 7.99. The lowest BCUT2D eigenvalue weighted by atomic mass is 10.1. The van der Waals surface area contributed by atoms with Crippen LogP contribution in [-0.4, -0.2) is 10.7 Å². The zero-order valence-electron chi connectivity index (χ0n) is 12.5. The van der Waals surface area contributed by atoms with Crippen LogP contribution in [0, 0.1) is 13.8 Å². The molecule has 0 fully saturated rings. The fourth-order valence-corrected chi connectivity index (χ4v) is 4.26. The first-order valence-electron chi connectivity index (χ1n) is 6.88. The number of hydrogen-bond acceptors (Lipinski definition) is 4. The van der Waals surface area contributed by atoms with Crippen molar-refractivity contribution in [2.75, 3.05) is 11.1 Å².